The second-order valence-corrected chi connectivity index (χ2v) is 12.0. The van der Waals surface area contributed by atoms with E-state index in [2.05, 4.69) is 10.1 Å². The van der Waals surface area contributed by atoms with Gasteiger partial charge in [-0.05, 0) is 88.8 Å². The highest BCUT2D eigenvalue weighted by atomic mass is 35.5. The average Bonchev–Trinajstić information content (AvgIpc) is 3.64. The van der Waals surface area contributed by atoms with Gasteiger partial charge in [-0.2, -0.15) is 0 Å². The van der Waals surface area contributed by atoms with Crippen LogP contribution < -0.4 is 5.32 Å². The highest BCUT2D eigenvalue weighted by Crippen LogP contribution is 2.34. The number of hydrogen-bond acceptors (Lipinski definition) is 9. The SMILES string of the molecule is CCOC(=O)C(=O)C1C[C@@H](c2cc(F)cc(F)c2)CN1.CCOC(=O)C(=O)C1C[C@@H](c2cc(F)cc(F)c2)CN1C(=O)OC(C)(C)C.Cl.Cl. The number of likely N-dealkylation sites (tertiary alicyclic amines) is 1. The monoisotopic (exact) mass is 738 g/mol. The first kappa shape index (κ1) is 43.3. The fraction of sp³-hybridized carbons (Fsp3) is 0.485. The summed E-state index contributed by atoms with van der Waals surface area (Å²) in [5.41, 5.74) is -0.0214. The Morgan fingerprint density at radius 3 is 1.63 bits per heavy atom. The van der Waals surface area contributed by atoms with Crippen molar-refractivity contribution in [3.63, 3.8) is 0 Å². The molecule has 0 radical (unpaired) electrons. The molecule has 0 saturated carbocycles. The van der Waals surface area contributed by atoms with E-state index in [1.54, 1.807) is 34.6 Å². The quantitative estimate of drug-likeness (QED) is 0.160. The number of halogens is 6. The van der Waals surface area contributed by atoms with Gasteiger partial charge in [-0.1, -0.05) is 0 Å². The molecule has 49 heavy (non-hydrogen) atoms. The first-order chi connectivity index (χ1) is 22.0. The molecule has 272 valence electrons. The van der Waals surface area contributed by atoms with Crippen molar-refractivity contribution >= 4 is 54.4 Å². The number of nitrogens with one attached hydrogen (secondary N) is 1. The summed E-state index contributed by atoms with van der Waals surface area (Å²) in [6, 6.07) is 4.55. The van der Waals surface area contributed by atoms with Crippen LogP contribution in [0.15, 0.2) is 36.4 Å². The molecule has 0 bridgehead atoms. The second kappa shape index (κ2) is 18.9. The molecule has 10 nitrogen and oxygen atoms in total. The van der Waals surface area contributed by atoms with Gasteiger partial charge in [0.25, 0.3) is 11.6 Å². The molecule has 0 aromatic heterocycles. The van der Waals surface area contributed by atoms with Gasteiger partial charge in [-0.3, -0.25) is 14.5 Å². The van der Waals surface area contributed by atoms with E-state index in [4.69, 9.17) is 9.47 Å². The number of hydrogen-bond donors (Lipinski definition) is 1. The minimum absolute atomic E-state index is 0. The molecule has 2 unspecified atom stereocenters. The smallest absolute Gasteiger partial charge is 0.410 e. The van der Waals surface area contributed by atoms with Crippen LogP contribution in [-0.4, -0.2) is 78.5 Å². The van der Waals surface area contributed by atoms with Crippen LogP contribution in [0, 0.1) is 23.3 Å². The first-order valence-electron chi connectivity index (χ1n) is 15.1. The molecule has 4 atom stereocenters. The maximum absolute atomic E-state index is 13.6. The van der Waals surface area contributed by atoms with Gasteiger partial charge in [-0.25, -0.2) is 31.9 Å². The number of ketones is 2. The second-order valence-electron chi connectivity index (χ2n) is 12.0. The summed E-state index contributed by atoms with van der Waals surface area (Å²) in [6.07, 6.45) is -0.412. The number of Topliss-reactive ketones (excluding diaryl/α,β-unsaturated/α-hetero) is 2. The molecule has 2 saturated heterocycles. The third-order valence-electron chi connectivity index (χ3n) is 7.34. The number of nitrogens with zero attached hydrogens (tertiary/aromatic N) is 1. The topological polar surface area (TPSA) is 128 Å². The summed E-state index contributed by atoms with van der Waals surface area (Å²) in [4.78, 5) is 61.1. The minimum atomic E-state index is -1.12. The molecule has 2 aliphatic rings. The Balaban J connectivity index is 0.000000489. The molecule has 2 fully saturated rings. The number of esters is 2. The number of benzene rings is 2. The normalized spacial score (nSPS) is 19.7. The molecule has 4 rings (SSSR count). The Bertz CT molecular complexity index is 1470. The molecule has 2 aromatic carbocycles. The minimum Gasteiger partial charge on any atom is -0.460 e. The van der Waals surface area contributed by atoms with Gasteiger partial charge in [0.1, 0.15) is 34.9 Å². The van der Waals surface area contributed by atoms with Crippen LogP contribution in [0.5, 0.6) is 0 Å². The molecular formula is C33H40Cl2F4N2O8. The predicted molar refractivity (Wildman–Crippen MR) is 174 cm³/mol. The summed E-state index contributed by atoms with van der Waals surface area (Å²) < 4.78 is 68.1. The van der Waals surface area contributed by atoms with E-state index in [0.29, 0.717) is 24.1 Å². The van der Waals surface area contributed by atoms with Gasteiger partial charge < -0.3 is 19.5 Å². The zero-order chi connectivity index (χ0) is 35.1. The zero-order valence-electron chi connectivity index (χ0n) is 27.6. The fourth-order valence-electron chi connectivity index (χ4n) is 5.34. The standard InChI is InChI=1S/C19H23F2NO5.C14H15F2NO3.2ClH/c1-5-26-17(24)16(23)15-8-12(11-6-13(20)9-14(21)7-11)10-22(15)18(25)27-19(2,3)4;1-2-20-14(19)13(18)12-5-9(7-17-12)8-3-10(15)6-11(16)4-8;;/h6-7,9,12,15H,5,8,10H2,1-4H3;3-4,6,9,12,17H,2,5,7H2,1H3;2*1H/t12-,15?;9-,12?;;/m11../s1. The lowest BCUT2D eigenvalue weighted by atomic mass is 9.95. The van der Waals surface area contributed by atoms with Crippen LogP contribution in [0.4, 0.5) is 22.4 Å². The van der Waals surface area contributed by atoms with Crippen molar-refractivity contribution in [3.05, 3.63) is 70.8 Å². The van der Waals surface area contributed by atoms with Gasteiger partial charge in [0.05, 0.1) is 19.3 Å². The van der Waals surface area contributed by atoms with E-state index < -0.39 is 76.5 Å². The number of ether oxygens (including phenoxy) is 3. The van der Waals surface area contributed by atoms with E-state index in [9.17, 15) is 41.5 Å². The molecule has 2 heterocycles. The Morgan fingerprint density at radius 1 is 0.735 bits per heavy atom. The maximum Gasteiger partial charge on any atom is 0.410 e. The van der Waals surface area contributed by atoms with Gasteiger partial charge in [-0.15, -0.1) is 24.8 Å². The number of rotatable bonds is 8. The van der Waals surface area contributed by atoms with Gasteiger partial charge in [0, 0.05) is 31.1 Å². The highest BCUT2D eigenvalue weighted by Gasteiger charge is 2.44. The lowest BCUT2D eigenvalue weighted by Crippen LogP contribution is -2.45. The van der Waals surface area contributed by atoms with E-state index in [-0.39, 0.29) is 56.9 Å². The van der Waals surface area contributed by atoms with Crippen LogP contribution in [0.3, 0.4) is 0 Å². The largest absolute Gasteiger partial charge is 0.460 e. The van der Waals surface area contributed by atoms with Crippen LogP contribution in [0.25, 0.3) is 0 Å². The lowest BCUT2D eigenvalue weighted by Gasteiger charge is -2.27. The van der Waals surface area contributed by atoms with Crippen molar-refractivity contribution in [2.45, 2.75) is 77.0 Å². The molecule has 1 N–H and O–H groups in total. The van der Waals surface area contributed by atoms with Crippen molar-refractivity contribution in [2.75, 3.05) is 26.3 Å². The molecule has 16 heteroatoms. The Morgan fingerprint density at radius 2 is 1.18 bits per heavy atom. The molecule has 2 aliphatic heterocycles. The van der Waals surface area contributed by atoms with Crippen molar-refractivity contribution < 1.29 is 55.7 Å². The van der Waals surface area contributed by atoms with Gasteiger partial charge in [0.2, 0.25) is 0 Å². The summed E-state index contributed by atoms with van der Waals surface area (Å²) in [5.74, 6) is -7.01. The summed E-state index contributed by atoms with van der Waals surface area (Å²) >= 11 is 0. The molecule has 0 spiro atoms. The number of carbonyl (C=O) groups excluding carboxylic acids is 5. The fourth-order valence-corrected chi connectivity index (χ4v) is 5.34. The number of carbonyl (C=O) groups is 5. The van der Waals surface area contributed by atoms with E-state index in [0.717, 1.165) is 29.2 Å². The Hall–Kier alpha value is -3.75. The van der Waals surface area contributed by atoms with E-state index in [1.807, 2.05) is 0 Å². The molecular weight excluding hydrogens is 699 g/mol. The summed E-state index contributed by atoms with van der Waals surface area (Å²) in [5, 5.41) is 2.89. The van der Waals surface area contributed by atoms with Crippen molar-refractivity contribution in [2.24, 2.45) is 0 Å². The van der Waals surface area contributed by atoms with Crippen LogP contribution in [0.2, 0.25) is 0 Å². The molecule has 0 aliphatic carbocycles. The average molecular weight is 740 g/mol. The maximum atomic E-state index is 13.6. The van der Waals surface area contributed by atoms with Crippen LogP contribution in [0.1, 0.15) is 70.4 Å². The predicted octanol–water partition coefficient (Wildman–Crippen LogP) is 5.58. The highest BCUT2D eigenvalue weighted by molar-refractivity contribution is 6.36. The first-order valence-corrected chi connectivity index (χ1v) is 15.1. The number of amides is 1. The van der Waals surface area contributed by atoms with Gasteiger partial charge in [0.15, 0.2) is 0 Å². The zero-order valence-corrected chi connectivity index (χ0v) is 29.2. The van der Waals surface area contributed by atoms with Crippen LogP contribution >= 0.6 is 24.8 Å². The Labute approximate surface area is 294 Å². The molecule has 1 amide bonds. The van der Waals surface area contributed by atoms with Crippen LogP contribution in [-0.2, 0) is 33.4 Å². The molecule has 2 aromatic rings. The summed E-state index contributed by atoms with van der Waals surface area (Å²) in [6.45, 7) is 8.72. The Kier molecular flexibility index (Phi) is 16.7. The van der Waals surface area contributed by atoms with Crippen molar-refractivity contribution in [3.8, 4) is 0 Å². The lowest BCUT2D eigenvalue weighted by molar-refractivity contribution is -0.155. The van der Waals surface area contributed by atoms with Crippen molar-refractivity contribution in [1.29, 1.82) is 0 Å². The van der Waals surface area contributed by atoms with Crippen molar-refractivity contribution in [1.82, 2.24) is 10.2 Å². The van der Waals surface area contributed by atoms with E-state index in [1.165, 1.54) is 12.1 Å². The van der Waals surface area contributed by atoms with E-state index >= 15 is 0 Å². The third kappa shape index (κ3) is 12.3. The third-order valence-corrected chi connectivity index (χ3v) is 7.34. The van der Waals surface area contributed by atoms with Gasteiger partial charge >= 0.3 is 18.0 Å². The summed E-state index contributed by atoms with van der Waals surface area (Å²) in [7, 11) is 0.